The lowest BCUT2D eigenvalue weighted by Crippen LogP contribution is -2.35. The monoisotopic (exact) mass is 249 g/mol. The number of hydrogen-bond donors (Lipinski definition) is 1. The lowest BCUT2D eigenvalue weighted by atomic mass is 10.1. The first-order valence-electron chi connectivity index (χ1n) is 5.96. The fourth-order valence-corrected chi connectivity index (χ4v) is 1.65. The number of carbonyl (C=O) groups excluding carboxylic acids is 2. The number of esters is 1. The van der Waals surface area contributed by atoms with Gasteiger partial charge in [0.05, 0.1) is 7.11 Å². The van der Waals surface area contributed by atoms with E-state index < -0.39 is 11.9 Å². The van der Waals surface area contributed by atoms with Gasteiger partial charge in [0.25, 0.3) is 0 Å². The molecule has 1 aromatic rings. The van der Waals surface area contributed by atoms with E-state index in [2.05, 4.69) is 10.1 Å². The molecule has 0 aliphatic rings. The lowest BCUT2D eigenvalue weighted by molar-refractivity contribution is -0.149. The van der Waals surface area contributed by atoms with Crippen LogP contribution < -0.4 is 5.32 Å². The SMILES string of the molecule is COC(=O)C(C)C(=O)NCCc1ccccc1C. The first-order chi connectivity index (χ1) is 8.56. The molecule has 18 heavy (non-hydrogen) atoms. The number of amides is 1. The first-order valence-corrected chi connectivity index (χ1v) is 5.96. The van der Waals surface area contributed by atoms with Crippen molar-refractivity contribution in [3.8, 4) is 0 Å². The minimum absolute atomic E-state index is 0.296. The topological polar surface area (TPSA) is 55.4 Å². The van der Waals surface area contributed by atoms with Crippen LogP contribution in [0.4, 0.5) is 0 Å². The summed E-state index contributed by atoms with van der Waals surface area (Å²) in [7, 11) is 1.28. The minimum Gasteiger partial charge on any atom is -0.468 e. The van der Waals surface area contributed by atoms with E-state index in [1.165, 1.54) is 25.2 Å². The molecule has 0 aliphatic carbocycles. The molecule has 0 aromatic heterocycles. The fourth-order valence-electron chi connectivity index (χ4n) is 1.65. The predicted octanol–water partition coefficient (Wildman–Crippen LogP) is 1.46. The molecular weight excluding hydrogens is 230 g/mol. The standard InChI is InChI=1S/C14H19NO3/c1-10-6-4-5-7-12(10)8-9-15-13(16)11(2)14(17)18-3/h4-7,11H,8-9H2,1-3H3,(H,15,16). The average molecular weight is 249 g/mol. The van der Waals surface area contributed by atoms with Crippen LogP contribution in [0.2, 0.25) is 0 Å². The molecule has 0 aliphatic heterocycles. The summed E-state index contributed by atoms with van der Waals surface area (Å²) in [5, 5.41) is 2.73. The second kappa shape index (κ2) is 6.79. The van der Waals surface area contributed by atoms with Crippen LogP contribution in [0.25, 0.3) is 0 Å². The smallest absolute Gasteiger partial charge is 0.317 e. The van der Waals surface area contributed by atoms with Crippen molar-refractivity contribution < 1.29 is 14.3 Å². The third kappa shape index (κ3) is 3.87. The second-order valence-electron chi connectivity index (χ2n) is 4.21. The summed E-state index contributed by atoms with van der Waals surface area (Å²) in [6.45, 7) is 4.09. The van der Waals surface area contributed by atoms with Gasteiger partial charge in [-0.25, -0.2) is 0 Å². The molecule has 1 aromatic carbocycles. The molecule has 0 saturated carbocycles. The van der Waals surface area contributed by atoms with Crippen LogP contribution in [-0.2, 0) is 20.7 Å². The van der Waals surface area contributed by atoms with Gasteiger partial charge in [-0.05, 0) is 31.4 Å². The van der Waals surface area contributed by atoms with Gasteiger partial charge in [0.15, 0.2) is 0 Å². The van der Waals surface area contributed by atoms with Gasteiger partial charge in [0.2, 0.25) is 5.91 Å². The molecule has 1 amide bonds. The maximum Gasteiger partial charge on any atom is 0.317 e. The molecule has 0 saturated heterocycles. The van der Waals surface area contributed by atoms with Gasteiger partial charge in [0.1, 0.15) is 5.92 Å². The maximum atomic E-state index is 11.6. The zero-order chi connectivity index (χ0) is 13.5. The summed E-state index contributed by atoms with van der Waals surface area (Å²) in [6.07, 6.45) is 0.756. The molecule has 1 atom stereocenters. The largest absolute Gasteiger partial charge is 0.468 e. The summed E-state index contributed by atoms with van der Waals surface area (Å²) < 4.78 is 4.52. The fraction of sp³-hybridized carbons (Fsp3) is 0.429. The Morgan fingerprint density at radius 1 is 1.33 bits per heavy atom. The normalized spacial score (nSPS) is 11.7. The molecule has 0 spiro atoms. The molecular formula is C14H19NO3. The number of nitrogens with one attached hydrogen (secondary N) is 1. The number of methoxy groups -OCH3 is 1. The molecule has 1 rings (SSSR count). The lowest BCUT2D eigenvalue weighted by Gasteiger charge is -2.11. The van der Waals surface area contributed by atoms with Crippen molar-refractivity contribution in [2.75, 3.05) is 13.7 Å². The highest BCUT2D eigenvalue weighted by atomic mass is 16.5. The van der Waals surface area contributed by atoms with Crippen molar-refractivity contribution in [3.05, 3.63) is 35.4 Å². The van der Waals surface area contributed by atoms with Crippen LogP contribution in [0.1, 0.15) is 18.1 Å². The van der Waals surface area contributed by atoms with E-state index in [9.17, 15) is 9.59 Å². The molecule has 1 N–H and O–H groups in total. The Labute approximate surface area is 107 Å². The van der Waals surface area contributed by atoms with Crippen LogP contribution in [0.3, 0.4) is 0 Å². The molecule has 98 valence electrons. The van der Waals surface area contributed by atoms with Gasteiger partial charge in [0, 0.05) is 6.54 Å². The summed E-state index contributed by atoms with van der Waals surface area (Å²) in [6, 6.07) is 8.03. The van der Waals surface area contributed by atoms with E-state index in [1.54, 1.807) is 0 Å². The molecule has 0 heterocycles. The number of hydrogen-bond acceptors (Lipinski definition) is 3. The van der Waals surface area contributed by atoms with Crippen molar-refractivity contribution in [3.63, 3.8) is 0 Å². The summed E-state index contributed by atoms with van der Waals surface area (Å²) in [4.78, 5) is 22.8. The Hall–Kier alpha value is -1.84. The Balaban J connectivity index is 2.41. The Morgan fingerprint density at radius 3 is 2.61 bits per heavy atom. The number of carbonyl (C=O) groups is 2. The third-order valence-electron chi connectivity index (χ3n) is 2.90. The van der Waals surface area contributed by atoms with Crippen LogP contribution in [-0.4, -0.2) is 25.5 Å². The number of ether oxygens (including phenoxy) is 1. The van der Waals surface area contributed by atoms with Crippen molar-refractivity contribution in [1.82, 2.24) is 5.32 Å². The van der Waals surface area contributed by atoms with E-state index in [0.29, 0.717) is 6.54 Å². The van der Waals surface area contributed by atoms with Gasteiger partial charge in [-0.2, -0.15) is 0 Å². The first kappa shape index (κ1) is 14.2. The van der Waals surface area contributed by atoms with Gasteiger partial charge in [-0.3, -0.25) is 9.59 Å². The number of aryl methyl sites for hydroxylation is 1. The van der Waals surface area contributed by atoms with Crippen molar-refractivity contribution in [1.29, 1.82) is 0 Å². The Bertz CT molecular complexity index is 429. The summed E-state index contributed by atoms with van der Waals surface area (Å²) >= 11 is 0. The highest BCUT2D eigenvalue weighted by Crippen LogP contribution is 2.07. The molecule has 0 fully saturated rings. The van der Waals surface area contributed by atoms with E-state index in [1.807, 2.05) is 31.2 Å². The number of benzene rings is 1. The molecule has 4 nitrogen and oxygen atoms in total. The zero-order valence-corrected chi connectivity index (χ0v) is 11.0. The molecule has 4 heteroatoms. The quantitative estimate of drug-likeness (QED) is 0.635. The number of rotatable bonds is 5. The Kier molecular flexibility index (Phi) is 5.36. The van der Waals surface area contributed by atoms with Gasteiger partial charge in [-0.15, -0.1) is 0 Å². The van der Waals surface area contributed by atoms with Crippen molar-refractivity contribution in [2.45, 2.75) is 20.3 Å². The predicted molar refractivity (Wildman–Crippen MR) is 69.1 cm³/mol. The zero-order valence-electron chi connectivity index (χ0n) is 11.0. The minimum atomic E-state index is -0.758. The van der Waals surface area contributed by atoms with Crippen molar-refractivity contribution in [2.24, 2.45) is 5.92 Å². The second-order valence-corrected chi connectivity index (χ2v) is 4.21. The van der Waals surface area contributed by atoms with Crippen LogP contribution >= 0.6 is 0 Å². The van der Waals surface area contributed by atoms with E-state index in [-0.39, 0.29) is 5.91 Å². The highest BCUT2D eigenvalue weighted by molar-refractivity contribution is 5.97. The molecule has 1 unspecified atom stereocenters. The third-order valence-corrected chi connectivity index (χ3v) is 2.90. The van der Waals surface area contributed by atoms with E-state index >= 15 is 0 Å². The van der Waals surface area contributed by atoms with E-state index in [0.717, 1.165) is 6.42 Å². The Morgan fingerprint density at radius 2 is 2.00 bits per heavy atom. The molecule has 0 radical (unpaired) electrons. The summed E-state index contributed by atoms with van der Waals surface area (Å²) in [5.74, 6) is -1.56. The van der Waals surface area contributed by atoms with Crippen LogP contribution in [0.5, 0.6) is 0 Å². The van der Waals surface area contributed by atoms with Crippen LogP contribution in [0, 0.1) is 12.8 Å². The van der Waals surface area contributed by atoms with Crippen molar-refractivity contribution >= 4 is 11.9 Å². The average Bonchev–Trinajstić information content (AvgIpc) is 2.39. The maximum absolute atomic E-state index is 11.6. The van der Waals surface area contributed by atoms with Gasteiger partial charge >= 0.3 is 5.97 Å². The van der Waals surface area contributed by atoms with Gasteiger partial charge < -0.3 is 10.1 Å². The molecule has 0 bridgehead atoms. The highest BCUT2D eigenvalue weighted by Gasteiger charge is 2.21. The van der Waals surface area contributed by atoms with Gasteiger partial charge in [-0.1, -0.05) is 24.3 Å². The summed E-state index contributed by atoms with van der Waals surface area (Å²) in [5.41, 5.74) is 2.40. The van der Waals surface area contributed by atoms with E-state index in [4.69, 9.17) is 0 Å². The van der Waals surface area contributed by atoms with Crippen LogP contribution in [0.15, 0.2) is 24.3 Å².